The number of aryl methyl sites for hydroxylation is 1. The van der Waals surface area contributed by atoms with Gasteiger partial charge >= 0.3 is 5.97 Å². The Hall–Kier alpha value is -3.45. The molecule has 0 aliphatic heterocycles. The molecule has 32 heavy (non-hydrogen) atoms. The first-order chi connectivity index (χ1) is 15.4. The smallest absolute Gasteiger partial charge is 0.338 e. The predicted molar refractivity (Wildman–Crippen MR) is 127 cm³/mol. The second-order valence-electron chi connectivity index (χ2n) is 7.29. The summed E-state index contributed by atoms with van der Waals surface area (Å²) in [5.41, 5.74) is 2.60. The van der Waals surface area contributed by atoms with Crippen LogP contribution < -0.4 is 5.32 Å². The lowest BCUT2D eigenvalue weighted by atomic mass is 10.2. The molecule has 3 aromatic rings. The average molecular weight is 451 g/mol. The number of sulfonamides is 1. The second kappa shape index (κ2) is 10.7. The van der Waals surface area contributed by atoms with Crippen molar-refractivity contribution in [2.24, 2.45) is 4.40 Å². The molecule has 0 saturated carbocycles. The molecule has 3 aromatic carbocycles. The number of unbranched alkanes of at least 4 members (excludes halogenated alkanes) is 1. The number of carbonyl (C=O) groups is 1. The standard InChI is InChI=1S/C25H26N2O4S/c1-3-4-18-31-25(28)21-12-14-22(15-13-21)26-24(20-8-6-5-7-9-20)27-32(29,30)23-16-10-19(2)11-17-23/h5-17H,3-4,18H2,1-2H3,(H,26,27). The lowest BCUT2D eigenvalue weighted by Gasteiger charge is -2.11. The van der Waals surface area contributed by atoms with E-state index in [-0.39, 0.29) is 16.7 Å². The number of nitrogens with one attached hydrogen (secondary N) is 1. The van der Waals surface area contributed by atoms with Crippen LogP contribution in [0.2, 0.25) is 0 Å². The summed E-state index contributed by atoms with van der Waals surface area (Å²) in [6, 6.07) is 22.2. The van der Waals surface area contributed by atoms with Crippen molar-refractivity contribution >= 4 is 27.5 Å². The monoisotopic (exact) mass is 450 g/mol. The summed E-state index contributed by atoms with van der Waals surface area (Å²) in [5, 5.41) is 3.07. The van der Waals surface area contributed by atoms with E-state index in [9.17, 15) is 13.2 Å². The van der Waals surface area contributed by atoms with Crippen LogP contribution in [0.5, 0.6) is 0 Å². The minimum Gasteiger partial charge on any atom is -0.462 e. The quantitative estimate of drug-likeness (QED) is 0.221. The largest absolute Gasteiger partial charge is 0.462 e. The first-order valence-corrected chi connectivity index (χ1v) is 11.8. The fourth-order valence-corrected chi connectivity index (χ4v) is 3.82. The van der Waals surface area contributed by atoms with Gasteiger partial charge in [-0.05, 0) is 49.7 Å². The SMILES string of the molecule is CCCCOC(=O)c1ccc(N/C(=N/S(=O)(=O)c2ccc(C)cc2)c2ccccc2)cc1. The number of anilines is 1. The van der Waals surface area contributed by atoms with E-state index in [1.807, 2.05) is 19.9 Å². The highest BCUT2D eigenvalue weighted by molar-refractivity contribution is 7.90. The third kappa shape index (κ3) is 6.28. The van der Waals surface area contributed by atoms with Crippen molar-refractivity contribution in [3.8, 4) is 0 Å². The van der Waals surface area contributed by atoms with E-state index in [2.05, 4.69) is 9.71 Å². The van der Waals surface area contributed by atoms with Gasteiger partial charge < -0.3 is 10.1 Å². The molecule has 0 aromatic heterocycles. The Bertz CT molecular complexity index is 1170. The molecule has 0 amide bonds. The zero-order valence-corrected chi connectivity index (χ0v) is 18.9. The van der Waals surface area contributed by atoms with Crippen LogP contribution in [0, 0.1) is 6.92 Å². The van der Waals surface area contributed by atoms with Gasteiger partial charge in [-0.3, -0.25) is 0 Å². The maximum absolute atomic E-state index is 12.9. The Balaban J connectivity index is 1.87. The summed E-state index contributed by atoms with van der Waals surface area (Å²) in [6.07, 6.45) is 1.76. The number of carbonyl (C=O) groups excluding carboxylic acids is 1. The lowest BCUT2D eigenvalue weighted by Crippen LogP contribution is -2.16. The van der Waals surface area contributed by atoms with Crippen molar-refractivity contribution in [2.75, 3.05) is 11.9 Å². The molecule has 0 atom stereocenters. The second-order valence-corrected chi connectivity index (χ2v) is 8.89. The first-order valence-electron chi connectivity index (χ1n) is 10.4. The van der Waals surface area contributed by atoms with Crippen molar-refractivity contribution < 1.29 is 17.9 Å². The highest BCUT2D eigenvalue weighted by atomic mass is 32.2. The summed E-state index contributed by atoms with van der Waals surface area (Å²) in [4.78, 5) is 12.2. The van der Waals surface area contributed by atoms with Gasteiger partial charge in [-0.15, -0.1) is 4.40 Å². The molecule has 6 nitrogen and oxygen atoms in total. The van der Waals surface area contributed by atoms with Crippen molar-refractivity contribution in [3.05, 3.63) is 95.6 Å². The zero-order valence-electron chi connectivity index (χ0n) is 18.1. The minimum absolute atomic E-state index is 0.114. The van der Waals surface area contributed by atoms with Crippen molar-refractivity contribution in [1.82, 2.24) is 0 Å². The van der Waals surface area contributed by atoms with Crippen molar-refractivity contribution in [1.29, 1.82) is 0 Å². The number of hydrogen-bond acceptors (Lipinski definition) is 4. The van der Waals surface area contributed by atoms with E-state index >= 15 is 0 Å². The Kier molecular flexibility index (Phi) is 7.78. The zero-order chi connectivity index (χ0) is 23.0. The molecule has 3 rings (SSSR count). The van der Waals surface area contributed by atoms with Crippen LogP contribution in [0.15, 0.2) is 88.2 Å². The van der Waals surface area contributed by atoms with Crippen LogP contribution in [-0.4, -0.2) is 26.8 Å². The molecule has 1 N–H and O–H groups in total. The van der Waals surface area contributed by atoms with E-state index in [0.29, 0.717) is 23.4 Å². The Morgan fingerprint density at radius 2 is 1.56 bits per heavy atom. The van der Waals surface area contributed by atoms with E-state index in [1.165, 1.54) is 12.1 Å². The summed E-state index contributed by atoms with van der Waals surface area (Å²) in [7, 11) is -3.93. The van der Waals surface area contributed by atoms with Gasteiger partial charge in [0.15, 0.2) is 5.84 Å². The van der Waals surface area contributed by atoms with Crippen LogP contribution in [0.3, 0.4) is 0 Å². The van der Waals surface area contributed by atoms with Crippen LogP contribution in [0.25, 0.3) is 0 Å². The van der Waals surface area contributed by atoms with Crippen molar-refractivity contribution in [3.63, 3.8) is 0 Å². The molecule has 0 aliphatic rings. The van der Waals surface area contributed by atoms with Gasteiger partial charge in [0.25, 0.3) is 10.0 Å². The number of amidine groups is 1. The number of nitrogens with zero attached hydrogens (tertiary/aromatic N) is 1. The summed E-state index contributed by atoms with van der Waals surface area (Å²) >= 11 is 0. The van der Waals surface area contributed by atoms with E-state index < -0.39 is 10.0 Å². The Labute approximate surface area is 189 Å². The van der Waals surface area contributed by atoms with E-state index in [1.54, 1.807) is 60.7 Å². The third-order valence-electron chi connectivity index (χ3n) is 4.69. The molecule has 7 heteroatoms. The lowest BCUT2D eigenvalue weighted by molar-refractivity contribution is 0.0500. The summed E-state index contributed by atoms with van der Waals surface area (Å²) < 4.78 is 35.1. The molecule has 0 aliphatic carbocycles. The molecule has 0 radical (unpaired) electrons. The number of benzene rings is 3. The maximum Gasteiger partial charge on any atom is 0.338 e. The van der Waals surface area contributed by atoms with Crippen LogP contribution in [-0.2, 0) is 14.8 Å². The summed E-state index contributed by atoms with van der Waals surface area (Å²) in [5.74, 6) is -0.201. The number of rotatable bonds is 8. The fourth-order valence-electron chi connectivity index (χ4n) is 2.85. The summed E-state index contributed by atoms with van der Waals surface area (Å²) in [6.45, 7) is 4.30. The van der Waals surface area contributed by atoms with Gasteiger partial charge in [-0.1, -0.05) is 61.4 Å². The Morgan fingerprint density at radius 1 is 0.906 bits per heavy atom. The topological polar surface area (TPSA) is 84.8 Å². The number of ether oxygens (including phenoxy) is 1. The molecule has 0 unspecified atom stereocenters. The molecule has 0 spiro atoms. The molecule has 0 saturated heterocycles. The number of esters is 1. The minimum atomic E-state index is -3.93. The highest BCUT2D eigenvalue weighted by Gasteiger charge is 2.16. The van der Waals surface area contributed by atoms with Crippen LogP contribution in [0.4, 0.5) is 5.69 Å². The molecular formula is C25H26N2O4S. The predicted octanol–water partition coefficient (Wildman–Crippen LogP) is 5.20. The van der Waals surface area contributed by atoms with Gasteiger partial charge in [-0.25, -0.2) is 4.79 Å². The molecule has 0 heterocycles. The molecule has 0 bridgehead atoms. The highest BCUT2D eigenvalue weighted by Crippen LogP contribution is 2.17. The van der Waals surface area contributed by atoms with Crippen LogP contribution in [0.1, 0.15) is 41.3 Å². The van der Waals surface area contributed by atoms with Gasteiger partial charge in [0.05, 0.1) is 17.1 Å². The molecule has 166 valence electrons. The first kappa shape index (κ1) is 23.2. The normalized spacial score (nSPS) is 11.8. The number of hydrogen-bond donors (Lipinski definition) is 1. The van der Waals surface area contributed by atoms with E-state index in [4.69, 9.17) is 4.74 Å². The molecular weight excluding hydrogens is 424 g/mol. The van der Waals surface area contributed by atoms with Crippen molar-refractivity contribution in [2.45, 2.75) is 31.6 Å². The average Bonchev–Trinajstić information content (AvgIpc) is 2.80. The van der Waals surface area contributed by atoms with Gasteiger partial charge in [0.2, 0.25) is 0 Å². The fraction of sp³-hybridized carbons (Fsp3) is 0.200. The third-order valence-corrected chi connectivity index (χ3v) is 5.98. The van der Waals surface area contributed by atoms with E-state index in [0.717, 1.165) is 18.4 Å². The van der Waals surface area contributed by atoms with Gasteiger partial charge in [0.1, 0.15) is 0 Å². The van der Waals surface area contributed by atoms with Gasteiger partial charge in [0, 0.05) is 11.3 Å². The Morgan fingerprint density at radius 3 is 2.19 bits per heavy atom. The molecule has 0 fully saturated rings. The maximum atomic E-state index is 12.9. The van der Waals surface area contributed by atoms with Crippen LogP contribution >= 0.6 is 0 Å². The van der Waals surface area contributed by atoms with Gasteiger partial charge in [-0.2, -0.15) is 8.42 Å².